The van der Waals surface area contributed by atoms with E-state index in [2.05, 4.69) is 11.6 Å². The predicted octanol–water partition coefficient (Wildman–Crippen LogP) is 2.50. The van der Waals surface area contributed by atoms with Gasteiger partial charge in [-0.1, -0.05) is 18.9 Å². The Morgan fingerprint density at radius 1 is 1.32 bits per heavy atom. The van der Waals surface area contributed by atoms with Gasteiger partial charge in [0.25, 0.3) is 5.91 Å². The highest BCUT2D eigenvalue weighted by Gasteiger charge is 2.27. The first-order valence-corrected chi connectivity index (χ1v) is 7.77. The molecule has 5 heteroatoms. The van der Waals surface area contributed by atoms with E-state index in [1.807, 2.05) is 0 Å². The summed E-state index contributed by atoms with van der Waals surface area (Å²) in [5.41, 5.74) is 0.130. The minimum Gasteiger partial charge on any atom is -0.504 e. The number of amides is 1. The minimum absolute atomic E-state index is 0.130. The zero-order valence-corrected chi connectivity index (χ0v) is 11.7. The number of phenols is 2. The molecule has 1 aliphatic carbocycles. The molecule has 0 spiro atoms. The molecule has 1 aromatic rings. The quantitative estimate of drug-likeness (QED) is 0.745. The van der Waals surface area contributed by atoms with Crippen LogP contribution in [0.15, 0.2) is 18.2 Å². The van der Waals surface area contributed by atoms with Crippen molar-refractivity contribution in [3.05, 3.63) is 23.8 Å². The topological polar surface area (TPSA) is 69.6 Å². The Kier molecular flexibility index (Phi) is 4.58. The maximum absolute atomic E-state index is 12.2. The molecule has 0 bridgehead atoms. The number of hydrogen-bond donors (Lipinski definition) is 3. The Morgan fingerprint density at radius 2 is 2.05 bits per heavy atom. The van der Waals surface area contributed by atoms with E-state index in [0.29, 0.717) is 5.25 Å². The molecule has 0 radical (unpaired) electrons. The summed E-state index contributed by atoms with van der Waals surface area (Å²) in [6.45, 7) is 0. The summed E-state index contributed by atoms with van der Waals surface area (Å²) in [7, 11) is 0. The molecule has 0 heterocycles. The smallest absolute Gasteiger partial charge is 0.255 e. The zero-order chi connectivity index (χ0) is 13.8. The van der Waals surface area contributed by atoms with Crippen molar-refractivity contribution in [1.29, 1.82) is 0 Å². The number of rotatable bonds is 3. The van der Waals surface area contributed by atoms with Crippen LogP contribution >= 0.6 is 11.8 Å². The van der Waals surface area contributed by atoms with Gasteiger partial charge in [-0.2, -0.15) is 11.8 Å². The van der Waals surface area contributed by atoms with Crippen molar-refractivity contribution in [3.63, 3.8) is 0 Å². The van der Waals surface area contributed by atoms with Crippen molar-refractivity contribution in [2.75, 3.05) is 6.26 Å². The van der Waals surface area contributed by atoms with Crippen molar-refractivity contribution in [3.8, 4) is 11.5 Å². The lowest BCUT2D eigenvalue weighted by atomic mass is 9.94. The van der Waals surface area contributed by atoms with E-state index >= 15 is 0 Å². The van der Waals surface area contributed by atoms with E-state index < -0.39 is 0 Å². The van der Waals surface area contributed by atoms with Crippen LogP contribution in [0.1, 0.15) is 36.0 Å². The number of benzene rings is 1. The van der Waals surface area contributed by atoms with Gasteiger partial charge < -0.3 is 15.5 Å². The maximum atomic E-state index is 12.2. The molecule has 19 heavy (non-hydrogen) atoms. The molecule has 1 amide bonds. The summed E-state index contributed by atoms with van der Waals surface area (Å²) in [4.78, 5) is 12.2. The van der Waals surface area contributed by atoms with E-state index in [1.54, 1.807) is 17.8 Å². The number of thioether (sulfide) groups is 1. The molecular formula is C14H19NO3S. The van der Waals surface area contributed by atoms with E-state index in [9.17, 15) is 15.0 Å². The average molecular weight is 281 g/mol. The number of carbonyl (C=O) groups excluding carboxylic acids is 1. The van der Waals surface area contributed by atoms with Gasteiger partial charge in [0.15, 0.2) is 11.5 Å². The van der Waals surface area contributed by atoms with Crippen LogP contribution in [0.4, 0.5) is 0 Å². The highest BCUT2D eigenvalue weighted by Crippen LogP contribution is 2.30. The zero-order valence-electron chi connectivity index (χ0n) is 10.9. The van der Waals surface area contributed by atoms with E-state index in [0.717, 1.165) is 19.3 Å². The summed E-state index contributed by atoms with van der Waals surface area (Å²) in [6, 6.07) is 4.56. The van der Waals surface area contributed by atoms with Gasteiger partial charge in [-0.25, -0.2) is 0 Å². The van der Waals surface area contributed by atoms with Crippen molar-refractivity contribution in [2.45, 2.75) is 37.0 Å². The van der Waals surface area contributed by atoms with Crippen LogP contribution < -0.4 is 5.32 Å². The fourth-order valence-corrected chi connectivity index (χ4v) is 3.44. The molecule has 0 aromatic heterocycles. The molecule has 2 unspecified atom stereocenters. The van der Waals surface area contributed by atoms with E-state index in [1.165, 1.54) is 18.6 Å². The SMILES string of the molecule is CSC1CCCCC1NC(=O)c1cccc(O)c1O. The molecule has 1 saturated carbocycles. The molecule has 2 rings (SSSR count). The molecule has 0 saturated heterocycles. The molecule has 104 valence electrons. The van der Waals surface area contributed by atoms with Crippen LogP contribution in [0.25, 0.3) is 0 Å². The number of phenolic OH excluding ortho intramolecular Hbond substituents is 2. The van der Waals surface area contributed by atoms with Gasteiger partial charge in [-0.15, -0.1) is 0 Å². The summed E-state index contributed by atoms with van der Waals surface area (Å²) in [5, 5.41) is 22.5. The number of hydrogen-bond acceptors (Lipinski definition) is 4. The van der Waals surface area contributed by atoms with Crippen molar-refractivity contribution in [2.24, 2.45) is 0 Å². The first-order valence-electron chi connectivity index (χ1n) is 6.48. The second kappa shape index (κ2) is 6.19. The fourth-order valence-electron chi connectivity index (χ4n) is 2.50. The van der Waals surface area contributed by atoms with Crippen LogP contribution in [0, 0.1) is 0 Å². The third-order valence-electron chi connectivity index (χ3n) is 3.58. The lowest BCUT2D eigenvalue weighted by Gasteiger charge is -2.31. The van der Waals surface area contributed by atoms with Gasteiger partial charge in [0.05, 0.1) is 5.56 Å². The van der Waals surface area contributed by atoms with Crippen LogP contribution in [-0.4, -0.2) is 33.7 Å². The maximum Gasteiger partial charge on any atom is 0.255 e. The number of nitrogens with one attached hydrogen (secondary N) is 1. The van der Waals surface area contributed by atoms with Gasteiger partial charge in [-0.05, 0) is 31.2 Å². The second-order valence-electron chi connectivity index (χ2n) is 4.81. The van der Waals surface area contributed by atoms with Gasteiger partial charge in [0, 0.05) is 11.3 Å². The standard InChI is InChI=1S/C14H19NO3S/c1-19-12-8-3-2-6-10(12)15-14(18)9-5-4-7-11(16)13(9)17/h4-5,7,10,12,16-17H,2-3,6,8H2,1H3,(H,15,18). The van der Waals surface area contributed by atoms with Crippen molar-refractivity contribution < 1.29 is 15.0 Å². The summed E-state index contributed by atoms with van der Waals surface area (Å²) in [5.74, 6) is -0.937. The van der Waals surface area contributed by atoms with Crippen LogP contribution in [-0.2, 0) is 0 Å². The first-order chi connectivity index (χ1) is 9.13. The largest absolute Gasteiger partial charge is 0.504 e. The molecule has 0 aliphatic heterocycles. The highest BCUT2D eigenvalue weighted by atomic mass is 32.2. The molecular weight excluding hydrogens is 262 g/mol. The summed E-state index contributed by atoms with van der Waals surface area (Å²) < 4.78 is 0. The van der Waals surface area contributed by atoms with Crippen LogP contribution in [0.5, 0.6) is 11.5 Å². The Balaban J connectivity index is 2.09. The van der Waals surface area contributed by atoms with E-state index in [-0.39, 0.29) is 29.0 Å². The normalized spacial score (nSPS) is 23.0. The Hall–Kier alpha value is -1.36. The number of carbonyl (C=O) groups is 1. The molecule has 2 atom stereocenters. The van der Waals surface area contributed by atoms with Crippen LogP contribution in [0.3, 0.4) is 0 Å². The lowest BCUT2D eigenvalue weighted by molar-refractivity contribution is 0.0926. The monoisotopic (exact) mass is 281 g/mol. The lowest BCUT2D eigenvalue weighted by Crippen LogP contribution is -2.43. The third kappa shape index (κ3) is 3.15. The van der Waals surface area contributed by atoms with E-state index in [4.69, 9.17) is 0 Å². The van der Waals surface area contributed by atoms with Gasteiger partial charge in [0.2, 0.25) is 0 Å². The highest BCUT2D eigenvalue weighted by molar-refractivity contribution is 7.99. The predicted molar refractivity (Wildman–Crippen MR) is 76.8 cm³/mol. The number of para-hydroxylation sites is 1. The molecule has 1 aliphatic rings. The first kappa shape index (κ1) is 14.1. The molecule has 3 N–H and O–H groups in total. The summed E-state index contributed by atoms with van der Waals surface area (Å²) in [6.07, 6.45) is 6.46. The summed E-state index contributed by atoms with van der Waals surface area (Å²) >= 11 is 1.77. The Labute approximate surface area is 117 Å². The van der Waals surface area contributed by atoms with Gasteiger partial charge >= 0.3 is 0 Å². The molecule has 1 aromatic carbocycles. The van der Waals surface area contributed by atoms with Gasteiger partial charge in [0.1, 0.15) is 0 Å². The Morgan fingerprint density at radius 3 is 2.79 bits per heavy atom. The molecule has 4 nitrogen and oxygen atoms in total. The fraction of sp³-hybridized carbons (Fsp3) is 0.500. The van der Waals surface area contributed by atoms with Crippen molar-refractivity contribution in [1.82, 2.24) is 5.32 Å². The Bertz CT molecular complexity index is 464. The average Bonchev–Trinajstić information content (AvgIpc) is 2.42. The van der Waals surface area contributed by atoms with Crippen LogP contribution in [0.2, 0.25) is 0 Å². The molecule has 1 fully saturated rings. The number of aromatic hydroxyl groups is 2. The minimum atomic E-state index is -0.350. The second-order valence-corrected chi connectivity index (χ2v) is 5.89. The van der Waals surface area contributed by atoms with Gasteiger partial charge in [-0.3, -0.25) is 4.79 Å². The third-order valence-corrected chi connectivity index (χ3v) is 4.75. The van der Waals surface area contributed by atoms with Crippen molar-refractivity contribution >= 4 is 17.7 Å².